The molecule has 0 radical (unpaired) electrons. The van der Waals surface area contributed by atoms with Crippen LogP contribution in [-0.4, -0.2) is 19.2 Å². The lowest BCUT2D eigenvalue weighted by atomic mass is 9.97. The Morgan fingerprint density at radius 1 is 1.25 bits per heavy atom. The van der Waals surface area contributed by atoms with Crippen LogP contribution in [0.1, 0.15) is 46.1 Å². The Morgan fingerprint density at radius 2 is 1.95 bits per heavy atom. The zero-order valence-electron chi connectivity index (χ0n) is 13.4. The van der Waals surface area contributed by atoms with Crippen molar-refractivity contribution in [1.82, 2.24) is 5.32 Å². The summed E-state index contributed by atoms with van der Waals surface area (Å²) in [6, 6.07) is 5.94. The third-order valence-corrected chi connectivity index (χ3v) is 3.81. The third-order valence-electron chi connectivity index (χ3n) is 3.46. The summed E-state index contributed by atoms with van der Waals surface area (Å²) >= 11 is 6.26. The molecule has 0 aliphatic rings. The van der Waals surface area contributed by atoms with E-state index in [4.69, 9.17) is 16.3 Å². The van der Waals surface area contributed by atoms with E-state index in [0.29, 0.717) is 5.92 Å². The van der Waals surface area contributed by atoms with Crippen molar-refractivity contribution in [2.75, 3.05) is 13.7 Å². The first kappa shape index (κ1) is 17.3. The smallest absolute Gasteiger partial charge is 0.120 e. The van der Waals surface area contributed by atoms with Gasteiger partial charge in [0.1, 0.15) is 5.75 Å². The number of halogens is 1. The van der Waals surface area contributed by atoms with Crippen LogP contribution in [0.5, 0.6) is 5.75 Å². The van der Waals surface area contributed by atoms with E-state index in [-0.39, 0.29) is 5.54 Å². The first-order chi connectivity index (χ1) is 9.31. The fourth-order valence-electron chi connectivity index (χ4n) is 2.10. The van der Waals surface area contributed by atoms with Gasteiger partial charge < -0.3 is 10.1 Å². The van der Waals surface area contributed by atoms with Crippen LogP contribution in [0.3, 0.4) is 0 Å². The third kappa shape index (κ3) is 6.62. The highest BCUT2D eigenvalue weighted by Crippen LogP contribution is 2.24. The second-order valence-corrected chi connectivity index (χ2v) is 6.97. The Balaban J connectivity index is 2.35. The highest BCUT2D eigenvalue weighted by molar-refractivity contribution is 6.31. The fourth-order valence-corrected chi connectivity index (χ4v) is 2.36. The van der Waals surface area contributed by atoms with Crippen molar-refractivity contribution in [1.29, 1.82) is 0 Å². The maximum atomic E-state index is 6.26. The summed E-state index contributed by atoms with van der Waals surface area (Å²) in [6.45, 7) is 9.99. The highest BCUT2D eigenvalue weighted by Gasteiger charge is 2.10. The van der Waals surface area contributed by atoms with Crippen molar-refractivity contribution in [2.24, 2.45) is 5.92 Å². The van der Waals surface area contributed by atoms with Gasteiger partial charge in [0.2, 0.25) is 0 Å². The first-order valence-corrected chi connectivity index (χ1v) is 7.77. The quantitative estimate of drug-likeness (QED) is 0.788. The van der Waals surface area contributed by atoms with Crippen molar-refractivity contribution in [3.8, 4) is 5.75 Å². The van der Waals surface area contributed by atoms with E-state index in [0.717, 1.165) is 30.2 Å². The Hall–Kier alpha value is -0.730. The van der Waals surface area contributed by atoms with Crippen molar-refractivity contribution < 1.29 is 4.74 Å². The van der Waals surface area contributed by atoms with Gasteiger partial charge in [-0.05, 0) is 70.2 Å². The predicted octanol–water partition coefficient (Wildman–Crippen LogP) is 4.70. The van der Waals surface area contributed by atoms with Gasteiger partial charge >= 0.3 is 0 Å². The van der Waals surface area contributed by atoms with Gasteiger partial charge in [-0.1, -0.05) is 24.6 Å². The minimum absolute atomic E-state index is 0.207. The molecule has 0 saturated heterocycles. The first-order valence-electron chi connectivity index (χ1n) is 7.39. The number of ether oxygens (including phenoxy) is 1. The van der Waals surface area contributed by atoms with Crippen LogP contribution in [0.15, 0.2) is 18.2 Å². The number of aryl methyl sites for hydroxylation is 1. The zero-order chi connectivity index (χ0) is 15.2. The lowest BCUT2D eigenvalue weighted by Gasteiger charge is -2.22. The zero-order valence-corrected chi connectivity index (χ0v) is 14.2. The summed E-state index contributed by atoms with van der Waals surface area (Å²) in [5.41, 5.74) is 1.42. The van der Waals surface area contributed by atoms with Crippen LogP contribution in [-0.2, 0) is 6.42 Å². The molecule has 1 atom stereocenters. The Kier molecular flexibility index (Phi) is 6.84. The standard InChI is InChI=1S/C17H28ClNO/c1-13(10-11-19-17(2,3)4)6-7-14-8-9-15(20-5)12-16(14)18/h8-9,12-13,19H,6-7,10-11H2,1-5H3. The minimum atomic E-state index is 0.207. The predicted molar refractivity (Wildman–Crippen MR) is 87.9 cm³/mol. The molecular weight excluding hydrogens is 270 g/mol. The molecule has 0 amide bonds. The molecule has 20 heavy (non-hydrogen) atoms. The van der Waals surface area contributed by atoms with Gasteiger partial charge in [-0.3, -0.25) is 0 Å². The maximum absolute atomic E-state index is 6.26. The van der Waals surface area contributed by atoms with Crippen LogP contribution in [0.4, 0.5) is 0 Å². The van der Waals surface area contributed by atoms with Gasteiger partial charge in [0, 0.05) is 10.6 Å². The van der Waals surface area contributed by atoms with E-state index in [9.17, 15) is 0 Å². The highest BCUT2D eigenvalue weighted by atomic mass is 35.5. The Morgan fingerprint density at radius 3 is 2.50 bits per heavy atom. The summed E-state index contributed by atoms with van der Waals surface area (Å²) in [4.78, 5) is 0. The average Bonchev–Trinajstić information content (AvgIpc) is 2.35. The monoisotopic (exact) mass is 297 g/mol. The number of benzene rings is 1. The van der Waals surface area contributed by atoms with E-state index in [1.807, 2.05) is 12.1 Å². The summed E-state index contributed by atoms with van der Waals surface area (Å²) in [6.07, 6.45) is 3.39. The molecule has 1 rings (SSSR count). The molecule has 114 valence electrons. The van der Waals surface area contributed by atoms with Crippen LogP contribution in [0.25, 0.3) is 0 Å². The molecule has 1 aromatic carbocycles. The molecule has 0 heterocycles. The Bertz CT molecular complexity index is 412. The number of nitrogens with one attached hydrogen (secondary N) is 1. The molecule has 0 fully saturated rings. The lowest BCUT2D eigenvalue weighted by Crippen LogP contribution is -2.36. The van der Waals surface area contributed by atoms with Crippen molar-refractivity contribution in [3.05, 3.63) is 28.8 Å². The van der Waals surface area contributed by atoms with Gasteiger partial charge in [-0.2, -0.15) is 0 Å². The average molecular weight is 298 g/mol. The van der Waals surface area contributed by atoms with E-state index in [1.165, 1.54) is 12.0 Å². The maximum Gasteiger partial charge on any atom is 0.120 e. The van der Waals surface area contributed by atoms with Crippen molar-refractivity contribution in [2.45, 2.75) is 52.5 Å². The molecule has 0 aliphatic heterocycles. The SMILES string of the molecule is COc1ccc(CCC(C)CCNC(C)(C)C)c(Cl)c1. The number of hydrogen-bond acceptors (Lipinski definition) is 2. The summed E-state index contributed by atoms with van der Waals surface area (Å²) in [5.74, 6) is 1.52. The van der Waals surface area contributed by atoms with Gasteiger partial charge in [-0.25, -0.2) is 0 Å². The summed E-state index contributed by atoms with van der Waals surface area (Å²) in [5, 5.41) is 4.34. The molecule has 0 aromatic heterocycles. The normalized spacial score (nSPS) is 13.3. The molecular formula is C17H28ClNO. The number of rotatable bonds is 7. The van der Waals surface area contributed by atoms with E-state index in [2.05, 4.69) is 39.1 Å². The van der Waals surface area contributed by atoms with Crippen LogP contribution < -0.4 is 10.1 Å². The van der Waals surface area contributed by atoms with Gasteiger partial charge in [0.05, 0.1) is 7.11 Å². The molecule has 0 spiro atoms. The van der Waals surface area contributed by atoms with Gasteiger partial charge in [-0.15, -0.1) is 0 Å². The topological polar surface area (TPSA) is 21.3 Å². The second-order valence-electron chi connectivity index (χ2n) is 6.57. The fraction of sp³-hybridized carbons (Fsp3) is 0.647. The van der Waals surface area contributed by atoms with Gasteiger partial charge in [0.25, 0.3) is 0 Å². The minimum Gasteiger partial charge on any atom is -0.497 e. The van der Waals surface area contributed by atoms with Crippen molar-refractivity contribution >= 4 is 11.6 Å². The molecule has 1 N–H and O–H groups in total. The van der Waals surface area contributed by atoms with Crippen LogP contribution in [0.2, 0.25) is 5.02 Å². The molecule has 0 aliphatic carbocycles. The molecule has 2 nitrogen and oxygen atoms in total. The summed E-state index contributed by atoms with van der Waals surface area (Å²) in [7, 11) is 1.66. The molecule has 0 bridgehead atoms. The van der Waals surface area contributed by atoms with Crippen LogP contribution >= 0.6 is 11.6 Å². The van der Waals surface area contributed by atoms with Crippen LogP contribution in [0, 0.1) is 5.92 Å². The molecule has 3 heteroatoms. The molecule has 0 saturated carbocycles. The van der Waals surface area contributed by atoms with Gasteiger partial charge in [0.15, 0.2) is 0 Å². The number of hydrogen-bond donors (Lipinski definition) is 1. The van der Waals surface area contributed by atoms with E-state index in [1.54, 1.807) is 7.11 Å². The summed E-state index contributed by atoms with van der Waals surface area (Å²) < 4.78 is 5.17. The number of methoxy groups -OCH3 is 1. The largest absolute Gasteiger partial charge is 0.497 e. The van der Waals surface area contributed by atoms with Crippen molar-refractivity contribution in [3.63, 3.8) is 0 Å². The lowest BCUT2D eigenvalue weighted by molar-refractivity contribution is 0.386. The Labute approximate surface area is 128 Å². The molecule has 1 unspecified atom stereocenters. The molecule has 1 aromatic rings. The van der Waals surface area contributed by atoms with E-state index < -0.39 is 0 Å². The van der Waals surface area contributed by atoms with E-state index >= 15 is 0 Å². The second kappa shape index (κ2) is 7.90.